The van der Waals surface area contributed by atoms with Gasteiger partial charge in [0, 0.05) is 11.1 Å². The van der Waals surface area contributed by atoms with Gasteiger partial charge in [0.2, 0.25) is 0 Å². The molecule has 0 saturated carbocycles. The Balaban J connectivity index is 1.76. The van der Waals surface area contributed by atoms with Gasteiger partial charge in [-0.25, -0.2) is 10.1 Å². The van der Waals surface area contributed by atoms with Crippen LogP contribution in [0.15, 0.2) is 59.7 Å². The first-order valence-corrected chi connectivity index (χ1v) is 8.19. The van der Waals surface area contributed by atoms with Gasteiger partial charge in [-0.1, -0.05) is 24.3 Å². The number of amides is 1. The van der Waals surface area contributed by atoms with Gasteiger partial charge in [0.25, 0.3) is 5.91 Å². The molecule has 1 amide bonds. The van der Waals surface area contributed by atoms with Gasteiger partial charge >= 0.3 is 0 Å². The van der Waals surface area contributed by atoms with Gasteiger partial charge in [-0.3, -0.25) is 4.79 Å². The summed E-state index contributed by atoms with van der Waals surface area (Å²) in [4.78, 5) is 12.2. The maximum absolute atomic E-state index is 12.2. The lowest BCUT2D eigenvalue weighted by Gasteiger charge is -2.04. The molecule has 1 heterocycles. The maximum atomic E-state index is 12.2. The summed E-state index contributed by atoms with van der Waals surface area (Å²) in [6.07, 6.45) is 1.62. The molecule has 0 bridgehead atoms. The zero-order chi connectivity index (χ0) is 18.5. The number of ether oxygens (including phenoxy) is 1. The second kappa shape index (κ2) is 7.65. The number of aromatic nitrogens is 2. The van der Waals surface area contributed by atoms with Crippen molar-refractivity contribution in [3.63, 3.8) is 0 Å². The lowest BCUT2D eigenvalue weighted by atomic mass is 10.2. The van der Waals surface area contributed by atoms with Crippen molar-refractivity contribution in [1.29, 1.82) is 0 Å². The van der Waals surface area contributed by atoms with Crippen molar-refractivity contribution in [3.05, 3.63) is 77.1 Å². The number of methoxy groups -OCH3 is 1. The molecule has 3 aromatic rings. The second-order valence-corrected chi connectivity index (χ2v) is 5.76. The zero-order valence-corrected chi connectivity index (χ0v) is 14.9. The molecule has 0 aliphatic carbocycles. The van der Waals surface area contributed by atoms with Crippen LogP contribution in [0.25, 0.3) is 5.69 Å². The number of hydrogen-bond donors (Lipinski definition) is 1. The predicted octanol–water partition coefficient (Wildman–Crippen LogP) is 3.26. The first-order chi connectivity index (χ1) is 12.6. The van der Waals surface area contributed by atoms with Crippen molar-refractivity contribution in [3.8, 4) is 11.4 Å². The third kappa shape index (κ3) is 3.64. The van der Waals surface area contributed by atoms with Gasteiger partial charge in [0.05, 0.1) is 30.4 Å². The lowest BCUT2D eigenvalue weighted by Crippen LogP contribution is -2.17. The first kappa shape index (κ1) is 17.4. The Morgan fingerprint density at radius 1 is 1.15 bits per heavy atom. The molecule has 0 aliphatic heterocycles. The standard InChI is InChI=1S/C20H20N4O2/c1-14-19(15(2)24(23-14)17-9-5-4-6-10-17)13-21-22-20(25)16-8-7-11-18(12-16)26-3/h4-13H,1-3H3,(H,22,25)/b21-13+. The molecule has 0 aliphatic rings. The van der Waals surface area contributed by atoms with Crippen LogP contribution < -0.4 is 10.2 Å². The quantitative estimate of drug-likeness (QED) is 0.568. The third-order valence-corrected chi connectivity index (χ3v) is 4.04. The molecule has 0 atom stereocenters. The van der Waals surface area contributed by atoms with E-state index >= 15 is 0 Å². The first-order valence-electron chi connectivity index (χ1n) is 8.19. The lowest BCUT2D eigenvalue weighted by molar-refractivity contribution is 0.0955. The van der Waals surface area contributed by atoms with E-state index in [4.69, 9.17) is 4.74 Å². The minimum Gasteiger partial charge on any atom is -0.497 e. The fourth-order valence-electron chi connectivity index (χ4n) is 2.65. The summed E-state index contributed by atoms with van der Waals surface area (Å²) in [5.41, 5.74) is 6.67. The zero-order valence-electron chi connectivity index (χ0n) is 14.9. The summed E-state index contributed by atoms with van der Waals surface area (Å²) < 4.78 is 6.99. The molecule has 132 valence electrons. The van der Waals surface area contributed by atoms with Crippen LogP contribution in [-0.4, -0.2) is 29.0 Å². The van der Waals surface area contributed by atoms with Crippen molar-refractivity contribution >= 4 is 12.1 Å². The molecule has 6 nitrogen and oxygen atoms in total. The summed E-state index contributed by atoms with van der Waals surface area (Å²) in [6, 6.07) is 16.8. The van der Waals surface area contributed by atoms with Gasteiger partial charge in [0.15, 0.2) is 0 Å². The summed E-state index contributed by atoms with van der Waals surface area (Å²) in [5, 5.41) is 8.64. The van der Waals surface area contributed by atoms with Crippen LogP contribution in [-0.2, 0) is 0 Å². The molecule has 3 rings (SSSR count). The van der Waals surface area contributed by atoms with Crippen molar-refractivity contribution in [2.24, 2.45) is 5.10 Å². The Hall–Kier alpha value is -3.41. The fraction of sp³-hybridized carbons (Fsp3) is 0.150. The van der Waals surface area contributed by atoms with E-state index in [0.717, 1.165) is 22.6 Å². The van der Waals surface area contributed by atoms with E-state index in [1.807, 2.05) is 48.9 Å². The number of aryl methyl sites for hydroxylation is 1. The summed E-state index contributed by atoms with van der Waals surface area (Å²) in [5.74, 6) is 0.323. The Morgan fingerprint density at radius 2 is 1.92 bits per heavy atom. The van der Waals surface area contributed by atoms with Crippen molar-refractivity contribution < 1.29 is 9.53 Å². The normalized spacial score (nSPS) is 10.9. The summed E-state index contributed by atoms with van der Waals surface area (Å²) >= 11 is 0. The predicted molar refractivity (Wildman–Crippen MR) is 101 cm³/mol. The smallest absolute Gasteiger partial charge is 0.271 e. The van der Waals surface area contributed by atoms with Crippen molar-refractivity contribution in [2.75, 3.05) is 7.11 Å². The van der Waals surface area contributed by atoms with Gasteiger partial charge < -0.3 is 4.74 Å². The van der Waals surface area contributed by atoms with Gasteiger partial charge in [0.1, 0.15) is 5.75 Å². The average Bonchev–Trinajstić information content (AvgIpc) is 2.96. The largest absolute Gasteiger partial charge is 0.497 e. The molecule has 6 heteroatoms. The van der Waals surface area contributed by atoms with Gasteiger partial charge in [-0.2, -0.15) is 10.2 Å². The third-order valence-electron chi connectivity index (χ3n) is 4.04. The Kier molecular flexibility index (Phi) is 5.12. The number of nitrogens with one attached hydrogen (secondary N) is 1. The molecule has 0 fully saturated rings. The molecule has 0 radical (unpaired) electrons. The SMILES string of the molecule is COc1cccc(C(=O)N/N=C/c2c(C)nn(-c3ccccc3)c2C)c1. The Bertz CT molecular complexity index is 946. The molecule has 2 aromatic carbocycles. The second-order valence-electron chi connectivity index (χ2n) is 5.76. The van der Waals surface area contributed by atoms with E-state index < -0.39 is 0 Å². The van der Waals surface area contributed by atoms with E-state index in [-0.39, 0.29) is 5.91 Å². The minimum absolute atomic E-state index is 0.300. The number of carbonyl (C=O) groups is 1. The summed E-state index contributed by atoms with van der Waals surface area (Å²) in [7, 11) is 1.56. The molecular weight excluding hydrogens is 328 g/mol. The highest BCUT2D eigenvalue weighted by Crippen LogP contribution is 2.16. The number of benzene rings is 2. The van der Waals surface area contributed by atoms with Crippen LogP contribution >= 0.6 is 0 Å². The minimum atomic E-state index is -0.300. The molecule has 0 unspecified atom stereocenters. The van der Waals surface area contributed by atoms with Crippen LogP contribution in [0.3, 0.4) is 0 Å². The maximum Gasteiger partial charge on any atom is 0.271 e. The molecule has 1 N–H and O–H groups in total. The van der Waals surface area contributed by atoms with Crippen LogP contribution in [0.4, 0.5) is 0 Å². The van der Waals surface area contributed by atoms with Gasteiger partial charge in [-0.15, -0.1) is 0 Å². The topological polar surface area (TPSA) is 68.5 Å². The van der Waals surface area contributed by atoms with E-state index in [1.165, 1.54) is 0 Å². The number of para-hydroxylation sites is 1. The molecule has 0 spiro atoms. The molecular formula is C20H20N4O2. The number of rotatable bonds is 5. The Labute approximate surface area is 152 Å². The van der Waals surface area contributed by atoms with E-state index in [2.05, 4.69) is 15.6 Å². The number of hydrazone groups is 1. The van der Waals surface area contributed by atoms with E-state index in [9.17, 15) is 4.79 Å². The number of nitrogens with zero attached hydrogens (tertiary/aromatic N) is 3. The monoisotopic (exact) mass is 348 g/mol. The number of hydrogen-bond acceptors (Lipinski definition) is 4. The highest BCUT2D eigenvalue weighted by Gasteiger charge is 2.11. The average molecular weight is 348 g/mol. The van der Waals surface area contributed by atoms with E-state index in [0.29, 0.717) is 11.3 Å². The highest BCUT2D eigenvalue weighted by atomic mass is 16.5. The fourth-order valence-corrected chi connectivity index (χ4v) is 2.65. The van der Waals surface area contributed by atoms with Gasteiger partial charge in [-0.05, 0) is 44.2 Å². The number of carbonyl (C=O) groups excluding carboxylic acids is 1. The van der Waals surface area contributed by atoms with Crippen LogP contribution in [0.2, 0.25) is 0 Å². The van der Waals surface area contributed by atoms with Crippen molar-refractivity contribution in [2.45, 2.75) is 13.8 Å². The molecule has 0 saturated heterocycles. The Morgan fingerprint density at radius 3 is 2.65 bits per heavy atom. The van der Waals surface area contributed by atoms with Crippen LogP contribution in [0.5, 0.6) is 5.75 Å². The van der Waals surface area contributed by atoms with Crippen molar-refractivity contribution in [1.82, 2.24) is 15.2 Å². The molecule has 1 aromatic heterocycles. The van der Waals surface area contributed by atoms with Crippen LogP contribution in [0, 0.1) is 13.8 Å². The summed E-state index contributed by atoms with van der Waals surface area (Å²) in [6.45, 7) is 3.88. The highest BCUT2D eigenvalue weighted by molar-refractivity contribution is 5.95. The van der Waals surface area contributed by atoms with E-state index in [1.54, 1.807) is 37.6 Å². The van der Waals surface area contributed by atoms with Crippen LogP contribution in [0.1, 0.15) is 27.3 Å². The molecule has 26 heavy (non-hydrogen) atoms.